The van der Waals surface area contributed by atoms with Crippen LogP contribution in [0.4, 0.5) is 30.8 Å². The number of nitrogens with zero attached hydrogens (tertiary/aromatic N) is 3. The molecule has 0 aliphatic carbocycles. The Kier molecular flexibility index (Phi) is 3.94. The summed E-state index contributed by atoms with van der Waals surface area (Å²) in [6.45, 7) is 0.615. The van der Waals surface area contributed by atoms with E-state index in [0.717, 1.165) is 4.90 Å². The van der Waals surface area contributed by atoms with Crippen LogP contribution < -0.4 is 21.9 Å². The fraction of sp³-hybridized carbons (Fsp3) is 0.500. The summed E-state index contributed by atoms with van der Waals surface area (Å²) in [5.74, 6) is 5.21. The van der Waals surface area contributed by atoms with E-state index < -0.39 is 12.7 Å². The summed E-state index contributed by atoms with van der Waals surface area (Å²) in [5.41, 5.74) is 7.58. The van der Waals surface area contributed by atoms with Crippen molar-refractivity contribution < 1.29 is 13.2 Å². The first-order valence-corrected chi connectivity index (χ1v) is 4.78. The van der Waals surface area contributed by atoms with E-state index in [9.17, 15) is 13.2 Å². The number of anilines is 3. The second-order valence-electron chi connectivity index (χ2n) is 3.24. The van der Waals surface area contributed by atoms with E-state index >= 15 is 0 Å². The molecule has 0 atom stereocenters. The van der Waals surface area contributed by atoms with E-state index in [-0.39, 0.29) is 24.1 Å². The molecule has 0 spiro atoms. The highest BCUT2D eigenvalue weighted by atomic mass is 19.4. The van der Waals surface area contributed by atoms with Crippen molar-refractivity contribution in [1.29, 1.82) is 0 Å². The van der Waals surface area contributed by atoms with Gasteiger partial charge in [-0.1, -0.05) is 0 Å². The molecule has 0 saturated heterocycles. The van der Waals surface area contributed by atoms with Crippen molar-refractivity contribution >= 4 is 17.6 Å². The highest BCUT2D eigenvalue weighted by Gasteiger charge is 2.31. The number of alkyl halides is 3. The Morgan fingerprint density at radius 1 is 1.41 bits per heavy atom. The predicted molar refractivity (Wildman–Crippen MR) is 58.2 cm³/mol. The molecular formula is C8H13F3N6. The van der Waals surface area contributed by atoms with Crippen molar-refractivity contribution in [1.82, 2.24) is 9.97 Å². The Hall–Kier alpha value is -1.77. The van der Waals surface area contributed by atoms with Gasteiger partial charge in [-0.15, -0.1) is 0 Å². The van der Waals surface area contributed by atoms with Crippen LogP contribution in [0, 0.1) is 0 Å². The largest absolute Gasteiger partial charge is 0.405 e. The maximum Gasteiger partial charge on any atom is 0.405 e. The molecule has 1 aromatic rings. The molecule has 0 fully saturated rings. The topological polar surface area (TPSA) is 93.1 Å². The Morgan fingerprint density at radius 3 is 2.53 bits per heavy atom. The molecule has 1 aromatic heterocycles. The van der Waals surface area contributed by atoms with Crippen molar-refractivity contribution in [3.63, 3.8) is 0 Å². The van der Waals surface area contributed by atoms with E-state index in [1.165, 1.54) is 6.07 Å². The average molecular weight is 250 g/mol. The van der Waals surface area contributed by atoms with Gasteiger partial charge in [-0.05, 0) is 6.92 Å². The van der Waals surface area contributed by atoms with Crippen LogP contribution in [0.15, 0.2) is 6.07 Å². The molecule has 0 unspecified atom stereocenters. The Labute approximate surface area is 95.8 Å². The minimum atomic E-state index is -4.31. The van der Waals surface area contributed by atoms with Gasteiger partial charge in [0, 0.05) is 12.6 Å². The molecule has 0 amide bonds. The van der Waals surface area contributed by atoms with Gasteiger partial charge in [-0.25, -0.2) is 5.84 Å². The SMILES string of the molecule is CCN(CC(F)(F)F)c1cc(NN)nc(N)n1. The van der Waals surface area contributed by atoms with Crippen molar-refractivity contribution in [2.24, 2.45) is 5.84 Å². The van der Waals surface area contributed by atoms with Crippen LogP contribution in [0.25, 0.3) is 0 Å². The van der Waals surface area contributed by atoms with Gasteiger partial charge in [0.15, 0.2) is 0 Å². The van der Waals surface area contributed by atoms with Gasteiger partial charge >= 0.3 is 6.18 Å². The standard InChI is InChI=1S/C8H13F3N6/c1-2-17(4-8(9,10)11)6-3-5(16-13)14-7(12)15-6/h3H,2,4,13H2,1H3,(H3,12,14,15,16). The Bertz CT molecular complexity index is 380. The van der Waals surface area contributed by atoms with E-state index in [2.05, 4.69) is 15.4 Å². The average Bonchev–Trinajstić information content (AvgIpc) is 2.23. The fourth-order valence-corrected chi connectivity index (χ4v) is 1.26. The molecule has 9 heteroatoms. The summed E-state index contributed by atoms with van der Waals surface area (Å²) in [5, 5.41) is 0. The van der Waals surface area contributed by atoms with Crippen LogP contribution in [0.2, 0.25) is 0 Å². The second kappa shape index (κ2) is 5.04. The van der Waals surface area contributed by atoms with Gasteiger partial charge in [-0.2, -0.15) is 23.1 Å². The summed E-state index contributed by atoms with van der Waals surface area (Å²) >= 11 is 0. The third-order valence-electron chi connectivity index (χ3n) is 1.95. The summed E-state index contributed by atoms with van der Waals surface area (Å²) in [4.78, 5) is 8.45. The number of hydrogen-bond donors (Lipinski definition) is 3. The first-order chi connectivity index (χ1) is 7.85. The van der Waals surface area contributed by atoms with E-state index in [4.69, 9.17) is 11.6 Å². The molecule has 0 aliphatic heterocycles. The lowest BCUT2D eigenvalue weighted by atomic mass is 10.4. The van der Waals surface area contributed by atoms with Crippen LogP contribution in [-0.2, 0) is 0 Å². The molecular weight excluding hydrogens is 237 g/mol. The lowest BCUT2D eigenvalue weighted by molar-refractivity contribution is -0.119. The van der Waals surface area contributed by atoms with E-state index in [1.54, 1.807) is 6.92 Å². The number of nitrogens with one attached hydrogen (secondary N) is 1. The van der Waals surface area contributed by atoms with Gasteiger partial charge in [0.1, 0.15) is 18.2 Å². The summed E-state index contributed by atoms with van der Waals surface area (Å²) in [6.07, 6.45) is -4.31. The normalized spacial score (nSPS) is 11.4. The highest BCUT2D eigenvalue weighted by Crippen LogP contribution is 2.22. The highest BCUT2D eigenvalue weighted by molar-refractivity contribution is 5.52. The first kappa shape index (κ1) is 13.3. The van der Waals surface area contributed by atoms with Crippen molar-refractivity contribution in [2.75, 3.05) is 29.1 Å². The molecule has 6 nitrogen and oxygen atoms in total. The molecule has 96 valence electrons. The van der Waals surface area contributed by atoms with E-state index in [1.807, 2.05) is 0 Å². The number of aromatic nitrogens is 2. The molecule has 1 rings (SSSR count). The molecule has 0 aliphatic rings. The number of hydrogen-bond acceptors (Lipinski definition) is 6. The van der Waals surface area contributed by atoms with Gasteiger partial charge in [0.25, 0.3) is 0 Å². The molecule has 0 radical (unpaired) electrons. The van der Waals surface area contributed by atoms with Crippen LogP contribution in [0.5, 0.6) is 0 Å². The predicted octanol–water partition coefficient (Wildman–Crippen LogP) is 0.733. The molecule has 0 saturated carbocycles. The number of hydrazine groups is 1. The lowest BCUT2D eigenvalue weighted by Crippen LogP contribution is -2.35. The zero-order chi connectivity index (χ0) is 13.1. The number of nitrogen functional groups attached to an aromatic ring is 2. The van der Waals surface area contributed by atoms with Crippen molar-refractivity contribution in [3.05, 3.63) is 6.07 Å². The maximum atomic E-state index is 12.3. The van der Waals surface area contributed by atoms with Gasteiger partial charge < -0.3 is 16.1 Å². The molecule has 5 N–H and O–H groups in total. The Balaban J connectivity index is 2.99. The Morgan fingerprint density at radius 2 is 2.06 bits per heavy atom. The molecule has 1 heterocycles. The van der Waals surface area contributed by atoms with Gasteiger partial charge in [-0.3, -0.25) is 0 Å². The van der Waals surface area contributed by atoms with Gasteiger partial charge in [0.05, 0.1) is 0 Å². The molecule has 0 aromatic carbocycles. The smallest absolute Gasteiger partial charge is 0.368 e. The van der Waals surface area contributed by atoms with Crippen molar-refractivity contribution in [2.45, 2.75) is 13.1 Å². The van der Waals surface area contributed by atoms with Crippen LogP contribution in [0.3, 0.4) is 0 Å². The third kappa shape index (κ3) is 3.94. The summed E-state index contributed by atoms with van der Waals surface area (Å²) in [7, 11) is 0. The third-order valence-corrected chi connectivity index (χ3v) is 1.95. The quantitative estimate of drug-likeness (QED) is 0.539. The second-order valence-corrected chi connectivity index (χ2v) is 3.24. The minimum absolute atomic E-state index is 0.0743. The molecule has 0 bridgehead atoms. The van der Waals surface area contributed by atoms with Crippen LogP contribution >= 0.6 is 0 Å². The van der Waals surface area contributed by atoms with Crippen LogP contribution in [0.1, 0.15) is 6.92 Å². The first-order valence-electron chi connectivity index (χ1n) is 4.78. The molecule has 17 heavy (non-hydrogen) atoms. The maximum absolute atomic E-state index is 12.3. The fourth-order valence-electron chi connectivity index (χ4n) is 1.26. The summed E-state index contributed by atoms with van der Waals surface area (Å²) < 4.78 is 36.9. The van der Waals surface area contributed by atoms with Crippen molar-refractivity contribution in [3.8, 4) is 0 Å². The number of halogens is 3. The monoisotopic (exact) mass is 250 g/mol. The zero-order valence-corrected chi connectivity index (χ0v) is 9.12. The number of nitrogens with two attached hydrogens (primary N) is 2. The minimum Gasteiger partial charge on any atom is -0.368 e. The summed E-state index contributed by atoms with van der Waals surface area (Å²) in [6, 6.07) is 1.30. The zero-order valence-electron chi connectivity index (χ0n) is 9.12. The van der Waals surface area contributed by atoms with Gasteiger partial charge in [0.2, 0.25) is 5.95 Å². The van der Waals surface area contributed by atoms with E-state index in [0.29, 0.717) is 0 Å². The number of rotatable bonds is 4. The lowest BCUT2D eigenvalue weighted by Gasteiger charge is -2.23. The van der Waals surface area contributed by atoms with Crippen LogP contribution in [-0.4, -0.2) is 29.2 Å².